The van der Waals surface area contributed by atoms with Crippen LogP contribution >= 0.6 is 11.6 Å². The minimum absolute atomic E-state index is 0.00732. The topological polar surface area (TPSA) is 57.7 Å². The minimum Gasteiger partial charge on any atom is -0.368 e. The van der Waals surface area contributed by atoms with Crippen molar-refractivity contribution < 1.29 is 13.2 Å². The summed E-state index contributed by atoms with van der Waals surface area (Å²) in [5, 5.41) is 0.687. The van der Waals surface area contributed by atoms with Gasteiger partial charge in [0.2, 0.25) is 5.91 Å². The quantitative estimate of drug-likeness (QED) is 0.765. The lowest BCUT2D eigenvalue weighted by atomic mass is 10.2. The largest absolute Gasteiger partial charge is 0.368 e. The number of sulfone groups is 1. The van der Waals surface area contributed by atoms with Crippen molar-refractivity contribution >= 4 is 33.0 Å². The van der Waals surface area contributed by atoms with Gasteiger partial charge in [-0.25, -0.2) is 8.42 Å². The number of hydrogen-bond donors (Lipinski definition) is 0. The second-order valence-electron chi connectivity index (χ2n) is 6.73. The number of hydrogen-bond acceptors (Lipinski definition) is 4. The number of rotatable bonds is 5. The molecular weight excluding hydrogens is 384 g/mol. The van der Waals surface area contributed by atoms with Gasteiger partial charge in [0.15, 0.2) is 9.84 Å². The highest BCUT2D eigenvalue weighted by Crippen LogP contribution is 2.21. The van der Waals surface area contributed by atoms with Gasteiger partial charge in [0.1, 0.15) is 0 Å². The highest BCUT2D eigenvalue weighted by Gasteiger charge is 2.23. The first-order valence-corrected chi connectivity index (χ1v) is 11.0. The monoisotopic (exact) mass is 406 g/mol. The van der Waals surface area contributed by atoms with E-state index in [1.165, 1.54) is 0 Å². The van der Waals surface area contributed by atoms with Crippen LogP contribution in [0.3, 0.4) is 0 Å². The molecule has 2 aromatic rings. The highest BCUT2D eigenvalue weighted by atomic mass is 35.5. The van der Waals surface area contributed by atoms with Gasteiger partial charge in [-0.2, -0.15) is 0 Å². The molecule has 3 rings (SSSR count). The zero-order valence-electron chi connectivity index (χ0n) is 15.3. The Balaban J connectivity index is 1.53. The summed E-state index contributed by atoms with van der Waals surface area (Å²) < 4.78 is 24.8. The van der Waals surface area contributed by atoms with Crippen LogP contribution in [0, 0.1) is 6.92 Å². The molecule has 5 nitrogen and oxygen atoms in total. The van der Waals surface area contributed by atoms with E-state index in [0.29, 0.717) is 31.2 Å². The normalized spacial score (nSPS) is 15.0. The van der Waals surface area contributed by atoms with Gasteiger partial charge in [0, 0.05) is 43.3 Å². The number of carbonyl (C=O) groups excluding carboxylic acids is 1. The molecule has 1 saturated heterocycles. The Hall–Kier alpha value is -2.05. The van der Waals surface area contributed by atoms with Gasteiger partial charge in [-0.05, 0) is 37.3 Å². The van der Waals surface area contributed by atoms with Gasteiger partial charge in [-0.15, -0.1) is 0 Å². The van der Waals surface area contributed by atoms with E-state index in [4.69, 9.17) is 11.6 Å². The van der Waals surface area contributed by atoms with Crippen molar-refractivity contribution in [2.75, 3.05) is 36.8 Å². The fraction of sp³-hybridized carbons (Fsp3) is 0.350. The summed E-state index contributed by atoms with van der Waals surface area (Å²) in [5.74, 6) is -0.278. The average Bonchev–Trinajstić information content (AvgIpc) is 2.67. The Morgan fingerprint density at radius 1 is 1.04 bits per heavy atom. The SMILES string of the molecule is Cc1ccc(S(=O)(=O)CCC(=O)N2CCN(c3cccc(Cl)c3)CC2)cc1. The molecule has 1 fully saturated rings. The van der Waals surface area contributed by atoms with Crippen molar-refractivity contribution in [1.82, 2.24) is 4.90 Å². The molecule has 144 valence electrons. The maximum atomic E-state index is 12.4. The first-order valence-electron chi connectivity index (χ1n) is 8.93. The standard InChI is InChI=1S/C20H23ClN2O3S/c1-16-5-7-19(8-6-16)27(25,26)14-9-20(24)23-12-10-22(11-13-23)18-4-2-3-17(21)15-18/h2-8,15H,9-14H2,1H3. The summed E-state index contributed by atoms with van der Waals surface area (Å²) in [4.78, 5) is 16.6. The Labute approximate surface area is 165 Å². The maximum Gasteiger partial charge on any atom is 0.223 e. The van der Waals surface area contributed by atoms with Crippen LogP contribution in [0.4, 0.5) is 5.69 Å². The number of halogens is 1. The van der Waals surface area contributed by atoms with E-state index in [1.807, 2.05) is 31.2 Å². The van der Waals surface area contributed by atoms with Crippen molar-refractivity contribution in [2.24, 2.45) is 0 Å². The summed E-state index contributed by atoms with van der Waals surface area (Å²) in [6, 6.07) is 14.4. The lowest BCUT2D eigenvalue weighted by molar-refractivity contribution is -0.131. The first kappa shape index (κ1) is 19.7. The van der Waals surface area contributed by atoms with Gasteiger partial charge in [0.05, 0.1) is 10.6 Å². The lowest BCUT2D eigenvalue weighted by Gasteiger charge is -2.36. The number of aryl methyl sites for hydroxylation is 1. The van der Waals surface area contributed by atoms with Gasteiger partial charge in [-0.1, -0.05) is 35.4 Å². The molecule has 7 heteroatoms. The van der Waals surface area contributed by atoms with Crippen LogP contribution in [-0.2, 0) is 14.6 Å². The molecule has 0 N–H and O–H groups in total. The van der Waals surface area contributed by atoms with Crippen molar-refractivity contribution in [2.45, 2.75) is 18.2 Å². The first-order chi connectivity index (χ1) is 12.8. The molecule has 0 saturated carbocycles. The molecule has 0 spiro atoms. The van der Waals surface area contributed by atoms with Crippen LogP contribution in [0.5, 0.6) is 0 Å². The van der Waals surface area contributed by atoms with E-state index in [2.05, 4.69) is 4.90 Å². The Kier molecular flexibility index (Phi) is 6.07. The van der Waals surface area contributed by atoms with Crippen LogP contribution in [-0.4, -0.2) is 51.2 Å². The van der Waals surface area contributed by atoms with Crippen molar-refractivity contribution in [3.63, 3.8) is 0 Å². The van der Waals surface area contributed by atoms with Gasteiger partial charge < -0.3 is 9.80 Å². The van der Waals surface area contributed by atoms with Gasteiger partial charge >= 0.3 is 0 Å². The molecule has 1 aliphatic rings. The molecule has 27 heavy (non-hydrogen) atoms. The summed E-state index contributed by atoms with van der Waals surface area (Å²) in [6.45, 7) is 4.47. The number of piperazine rings is 1. The Morgan fingerprint density at radius 2 is 1.70 bits per heavy atom. The van der Waals surface area contributed by atoms with E-state index in [9.17, 15) is 13.2 Å². The molecule has 1 amide bonds. The van der Waals surface area contributed by atoms with Gasteiger partial charge in [-0.3, -0.25) is 4.79 Å². The molecule has 0 aliphatic carbocycles. The van der Waals surface area contributed by atoms with Crippen LogP contribution < -0.4 is 4.90 Å². The molecule has 2 aromatic carbocycles. The zero-order chi connectivity index (χ0) is 19.4. The van der Waals surface area contributed by atoms with Crippen LogP contribution in [0.1, 0.15) is 12.0 Å². The van der Waals surface area contributed by atoms with Crippen LogP contribution in [0.2, 0.25) is 5.02 Å². The average molecular weight is 407 g/mol. The second kappa shape index (κ2) is 8.31. The smallest absolute Gasteiger partial charge is 0.223 e. The third kappa shape index (κ3) is 5.02. The highest BCUT2D eigenvalue weighted by molar-refractivity contribution is 7.91. The van der Waals surface area contributed by atoms with Crippen molar-refractivity contribution in [3.8, 4) is 0 Å². The van der Waals surface area contributed by atoms with Crippen LogP contribution in [0.25, 0.3) is 0 Å². The number of benzene rings is 2. The lowest BCUT2D eigenvalue weighted by Crippen LogP contribution is -2.49. The fourth-order valence-electron chi connectivity index (χ4n) is 3.13. The third-order valence-corrected chi connectivity index (χ3v) is 6.74. The number of anilines is 1. The number of amides is 1. The molecule has 0 bridgehead atoms. The summed E-state index contributed by atoms with van der Waals surface area (Å²) in [5.41, 5.74) is 2.04. The summed E-state index contributed by atoms with van der Waals surface area (Å²) >= 11 is 6.04. The summed E-state index contributed by atoms with van der Waals surface area (Å²) in [7, 11) is -3.44. The van der Waals surface area contributed by atoms with Crippen molar-refractivity contribution in [1.29, 1.82) is 0 Å². The minimum atomic E-state index is -3.44. The van der Waals surface area contributed by atoms with Gasteiger partial charge in [0.25, 0.3) is 0 Å². The molecular formula is C20H23ClN2O3S. The maximum absolute atomic E-state index is 12.4. The van der Waals surface area contributed by atoms with E-state index in [-0.39, 0.29) is 23.0 Å². The molecule has 0 aromatic heterocycles. The van der Waals surface area contributed by atoms with E-state index in [0.717, 1.165) is 11.3 Å². The molecule has 0 unspecified atom stereocenters. The number of carbonyl (C=O) groups is 1. The van der Waals surface area contributed by atoms with E-state index < -0.39 is 9.84 Å². The predicted octanol–water partition coefficient (Wildman–Crippen LogP) is 3.16. The zero-order valence-corrected chi connectivity index (χ0v) is 16.8. The van der Waals surface area contributed by atoms with Crippen LogP contribution in [0.15, 0.2) is 53.4 Å². The molecule has 1 heterocycles. The third-order valence-electron chi connectivity index (χ3n) is 4.77. The Morgan fingerprint density at radius 3 is 2.33 bits per heavy atom. The van der Waals surface area contributed by atoms with E-state index >= 15 is 0 Å². The molecule has 1 aliphatic heterocycles. The molecule has 0 radical (unpaired) electrons. The molecule has 0 atom stereocenters. The number of nitrogens with zero attached hydrogens (tertiary/aromatic N) is 2. The predicted molar refractivity (Wildman–Crippen MR) is 108 cm³/mol. The Bertz CT molecular complexity index is 905. The van der Waals surface area contributed by atoms with E-state index in [1.54, 1.807) is 29.2 Å². The summed E-state index contributed by atoms with van der Waals surface area (Å²) in [6.07, 6.45) is 0.00732. The van der Waals surface area contributed by atoms with Crippen molar-refractivity contribution in [3.05, 3.63) is 59.1 Å². The second-order valence-corrected chi connectivity index (χ2v) is 9.28. The fourth-order valence-corrected chi connectivity index (χ4v) is 4.54.